The predicted octanol–water partition coefficient (Wildman–Crippen LogP) is -0.241. The maximum absolute atomic E-state index is 11.3. The van der Waals surface area contributed by atoms with E-state index in [1.165, 1.54) is 12.0 Å². The molecule has 6 nitrogen and oxygen atoms in total. The van der Waals surface area contributed by atoms with E-state index in [4.69, 9.17) is 5.73 Å². The summed E-state index contributed by atoms with van der Waals surface area (Å²) in [4.78, 5) is 34.9. The largest absolute Gasteiger partial charge is 0.468 e. The van der Waals surface area contributed by atoms with Gasteiger partial charge in [0.2, 0.25) is 11.8 Å². The lowest BCUT2D eigenvalue weighted by Crippen LogP contribution is -2.32. The molecular formula is C11H18N2O4S. The number of hydrogen-bond donors (Lipinski definition) is 1. The normalized spacial score (nSPS) is 17.1. The molecule has 1 unspecified atom stereocenters. The minimum absolute atomic E-state index is 0.0909. The van der Waals surface area contributed by atoms with Gasteiger partial charge in [0.1, 0.15) is 6.04 Å². The van der Waals surface area contributed by atoms with Gasteiger partial charge in [-0.25, -0.2) is 0 Å². The Kier molecular flexibility index (Phi) is 6.14. The zero-order chi connectivity index (χ0) is 13.5. The molecule has 0 aromatic rings. The van der Waals surface area contributed by atoms with Crippen molar-refractivity contribution in [3.63, 3.8) is 0 Å². The van der Waals surface area contributed by atoms with Gasteiger partial charge in [-0.15, -0.1) is 0 Å². The Balaban J connectivity index is 2.10. The standard InChI is InChI=1S/C11H18N2O4S/c1-17-11(16)8(12)4-6-18-7-5-13-9(14)2-3-10(13)15/h8H,2-7,12H2,1H3. The minimum atomic E-state index is -0.599. The molecular weight excluding hydrogens is 256 g/mol. The molecule has 1 rings (SSSR count). The van der Waals surface area contributed by atoms with Crippen LogP contribution < -0.4 is 5.73 Å². The van der Waals surface area contributed by atoms with Crippen molar-refractivity contribution in [3.8, 4) is 0 Å². The number of amides is 2. The lowest BCUT2D eigenvalue weighted by molar-refractivity contribution is -0.142. The van der Waals surface area contributed by atoms with Gasteiger partial charge in [0.05, 0.1) is 7.11 Å². The molecule has 102 valence electrons. The zero-order valence-corrected chi connectivity index (χ0v) is 11.2. The van der Waals surface area contributed by atoms with Crippen molar-refractivity contribution in [2.24, 2.45) is 5.73 Å². The van der Waals surface area contributed by atoms with Crippen LogP contribution in [0.15, 0.2) is 0 Å². The van der Waals surface area contributed by atoms with Crippen LogP contribution in [0.1, 0.15) is 19.3 Å². The lowest BCUT2D eigenvalue weighted by atomic mass is 10.2. The van der Waals surface area contributed by atoms with Crippen LogP contribution in [0.2, 0.25) is 0 Å². The number of nitrogens with two attached hydrogens (primary N) is 1. The minimum Gasteiger partial charge on any atom is -0.468 e. The molecule has 0 spiro atoms. The van der Waals surface area contributed by atoms with E-state index in [1.807, 2.05) is 0 Å². The Hall–Kier alpha value is -1.08. The second-order valence-corrected chi connectivity index (χ2v) is 5.19. The number of esters is 1. The van der Waals surface area contributed by atoms with Crippen LogP contribution in [0.4, 0.5) is 0 Å². The summed E-state index contributed by atoms with van der Waals surface area (Å²) in [6.45, 7) is 0.440. The van der Waals surface area contributed by atoms with Crippen LogP contribution >= 0.6 is 11.8 Å². The molecule has 1 fully saturated rings. The number of carbonyl (C=O) groups is 3. The smallest absolute Gasteiger partial charge is 0.322 e. The zero-order valence-electron chi connectivity index (χ0n) is 10.4. The topological polar surface area (TPSA) is 89.7 Å². The van der Waals surface area contributed by atoms with Crippen molar-refractivity contribution in [2.45, 2.75) is 25.3 Å². The van der Waals surface area contributed by atoms with E-state index in [0.717, 1.165) is 0 Å². The number of methoxy groups -OCH3 is 1. The van der Waals surface area contributed by atoms with Crippen LogP contribution in [-0.4, -0.2) is 53.9 Å². The van der Waals surface area contributed by atoms with E-state index < -0.39 is 12.0 Å². The molecule has 0 radical (unpaired) electrons. The number of imide groups is 1. The SMILES string of the molecule is COC(=O)C(N)CCSCCN1C(=O)CCC1=O. The van der Waals surface area contributed by atoms with Gasteiger partial charge in [0.15, 0.2) is 0 Å². The van der Waals surface area contributed by atoms with E-state index >= 15 is 0 Å². The molecule has 0 bridgehead atoms. The highest BCUT2D eigenvalue weighted by atomic mass is 32.2. The maximum atomic E-state index is 11.3. The third-order valence-corrected chi connectivity index (χ3v) is 3.69. The molecule has 2 amide bonds. The molecule has 1 aliphatic rings. The van der Waals surface area contributed by atoms with E-state index in [1.54, 1.807) is 11.8 Å². The fourth-order valence-electron chi connectivity index (χ4n) is 1.61. The average Bonchev–Trinajstić information content (AvgIpc) is 2.68. The van der Waals surface area contributed by atoms with Crippen molar-refractivity contribution in [3.05, 3.63) is 0 Å². The summed E-state index contributed by atoms with van der Waals surface area (Å²) in [6.07, 6.45) is 1.19. The van der Waals surface area contributed by atoms with Crippen molar-refractivity contribution >= 4 is 29.5 Å². The summed E-state index contributed by atoms with van der Waals surface area (Å²) < 4.78 is 4.51. The monoisotopic (exact) mass is 274 g/mol. The Morgan fingerprint density at radius 2 is 2.00 bits per heavy atom. The third-order valence-electron chi connectivity index (χ3n) is 2.69. The van der Waals surface area contributed by atoms with Gasteiger partial charge in [0, 0.05) is 25.1 Å². The van der Waals surface area contributed by atoms with Gasteiger partial charge in [-0.3, -0.25) is 19.3 Å². The summed E-state index contributed by atoms with van der Waals surface area (Å²) >= 11 is 1.57. The van der Waals surface area contributed by atoms with E-state index in [0.29, 0.717) is 37.3 Å². The van der Waals surface area contributed by atoms with Crippen LogP contribution in [0.3, 0.4) is 0 Å². The first kappa shape index (κ1) is 15.0. The van der Waals surface area contributed by atoms with Crippen molar-refractivity contribution in [2.75, 3.05) is 25.2 Å². The Bertz CT molecular complexity index is 319. The number of nitrogens with zero attached hydrogens (tertiary/aromatic N) is 1. The average molecular weight is 274 g/mol. The Morgan fingerprint density at radius 3 is 2.56 bits per heavy atom. The van der Waals surface area contributed by atoms with Gasteiger partial charge >= 0.3 is 5.97 Å². The molecule has 0 saturated carbocycles. The molecule has 0 aliphatic carbocycles. The van der Waals surface area contributed by atoms with E-state index in [9.17, 15) is 14.4 Å². The number of carbonyl (C=O) groups excluding carboxylic acids is 3. The number of thioether (sulfide) groups is 1. The van der Waals surface area contributed by atoms with E-state index in [-0.39, 0.29) is 11.8 Å². The quantitative estimate of drug-likeness (QED) is 0.391. The highest BCUT2D eigenvalue weighted by Gasteiger charge is 2.27. The Morgan fingerprint density at radius 1 is 1.39 bits per heavy atom. The molecule has 2 N–H and O–H groups in total. The molecule has 1 saturated heterocycles. The predicted molar refractivity (Wildman–Crippen MR) is 67.9 cm³/mol. The molecule has 1 aliphatic heterocycles. The number of rotatable bonds is 7. The maximum Gasteiger partial charge on any atom is 0.322 e. The van der Waals surface area contributed by atoms with Crippen LogP contribution in [0, 0.1) is 0 Å². The fraction of sp³-hybridized carbons (Fsp3) is 0.727. The first-order chi connectivity index (χ1) is 8.56. The Labute approximate surface area is 110 Å². The second-order valence-electron chi connectivity index (χ2n) is 3.97. The van der Waals surface area contributed by atoms with E-state index in [2.05, 4.69) is 4.74 Å². The molecule has 1 heterocycles. The molecule has 0 aromatic heterocycles. The highest BCUT2D eigenvalue weighted by molar-refractivity contribution is 7.99. The summed E-state index contributed by atoms with van der Waals surface area (Å²) in [5.74, 6) is 0.775. The van der Waals surface area contributed by atoms with Gasteiger partial charge in [-0.1, -0.05) is 0 Å². The molecule has 18 heavy (non-hydrogen) atoms. The van der Waals surface area contributed by atoms with Crippen molar-refractivity contribution < 1.29 is 19.1 Å². The van der Waals surface area contributed by atoms with Crippen LogP contribution in [0.5, 0.6) is 0 Å². The van der Waals surface area contributed by atoms with Crippen LogP contribution in [0.25, 0.3) is 0 Å². The van der Waals surface area contributed by atoms with Gasteiger partial charge in [0.25, 0.3) is 0 Å². The van der Waals surface area contributed by atoms with Crippen molar-refractivity contribution in [1.82, 2.24) is 4.90 Å². The van der Waals surface area contributed by atoms with Crippen molar-refractivity contribution in [1.29, 1.82) is 0 Å². The summed E-state index contributed by atoms with van der Waals surface area (Å²) in [6, 6.07) is -0.599. The number of hydrogen-bond acceptors (Lipinski definition) is 6. The highest BCUT2D eigenvalue weighted by Crippen LogP contribution is 2.13. The summed E-state index contributed by atoms with van der Waals surface area (Å²) in [7, 11) is 1.31. The first-order valence-electron chi connectivity index (χ1n) is 5.80. The van der Waals surface area contributed by atoms with Crippen LogP contribution in [-0.2, 0) is 19.1 Å². The van der Waals surface area contributed by atoms with Gasteiger partial charge in [-0.05, 0) is 12.2 Å². The summed E-state index contributed by atoms with van der Waals surface area (Å²) in [5.41, 5.74) is 5.57. The summed E-state index contributed by atoms with van der Waals surface area (Å²) in [5, 5.41) is 0. The first-order valence-corrected chi connectivity index (χ1v) is 6.96. The molecule has 1 atom stereocenters. The van der Waals surface area contributed by atoms with Gasteiger partial charge in [-0.2, -0.15) is 11.8 Å². The number of ether oxygens (including phenoxy) is 1. The fourth-order valence-corrected chi connectivity index (χ4v) is 2.55. The second kappa shape index (κ2) is 7.38. The van der Waals surface area contributed by atoms with Gasteiger partial charge < -0.3 is 10.5 Å². The third kappa shape index (κ3) is 4.30. The molecule has 0 aromatic carbocycles. The lowest BCUT2D eigenvalue weighted by Gasteiger charge is -2.13. The number of likely N-dealkylation sites (tertiary alicyclic amines) is 1. The molecule has 7 heteroatoms.